The van der Waals surface area contributed by atoms with Gasteiger partial charge in [0, 0.05) is 6.04 Å². The molecule has 162 valence electrons. The van der Waals surface area contributed by atoms with Gasteiger partial charge in [0.15, 0.2) is 5.79 Å². The standard InChI is InChI=1S/C27H31NO3/c1-26(2,30)31-25-19-23(18-24(25)29)28-27(20-12-6-3-7-13-20,21-14-8-4-9-15-21)22-16-10-5-11-17-22/h3-17,23-25,28-30H,18-19H2,1-2H3. The minimum absolute atomic E-state index is 0.00275. The van der Waals surface area contributed by atoms with Gasteiger partial charge in [-0.15, -0.1) is 0 Å². The molecule has 4 rings (SSSR count). The van der Waals surface area contributed by atoms with Gasteiger partial charge in [-0.05, 0) is 43.4 Å². The van der Waals surface area contributed by atoms with E-state index in [2.05, 4.69) is 78.1 Å². The van der Waals surface area contributed by atoms with Crippen LogP contribution in [-0.4, -0.2) is 34.2 Å². The van der Waals surface area contributed by atoms with Crippen LogP contribution in [0.3, 0.4) is 0 Å². The SMILES string of the molecule is CC(C)(O)OC1CC(NC(c2ccccc2)(c2ccccc2)c2ccccc2)CC1O. The van der Waals surface area contributed by atoms with Gasteiger partial charge >= 0.3 is 0 Å². The van der Waals surface area contributed by atoms with E-state index in [0.29, 0.717) is 12.8 Å². The van der Waals surface area contributed by atoms with Gasteiger partial charge in [-0.2, -0.15) is 0 Å². The Hall–Kier alpha value is -2.50. The third-order valence-corrected chi connectivity index (χ3v) is 5.95. The first-order valence-corrected chi connectivity index (χ1v) is 10.9. The summed E-state index contributed by atoms with van der Waals surface area (Å²) in [4.78, 5) is 0. The van der Waals surface area contributed by atoms with E-state index in [-0.39, 0.29) is 6.04 Å². The molecule has 0 saturated heterocycles. The maximum atomic E-state index is 10.7. The third-order valence-electron chi connectivity index (χ3n) is 5.95. The number of nitrogens with one attached hydrogen (secondary N) is 1. The smallest absolute Gasteiger partial charge is 0.160 e. The molecule has 0 amide bonds. The Morgan fingerprint density at radius 1 is 0.742 bits per heavy atom. The number of benzene rings is 3. The van der Waals surface area contributed by atoms with Crippen molar-refractivity contribution in [3.05, 3.63) is 108 Å². The molecule has 31 heavy (non-hydrogen) atoms. The lowest BCUT2D eigenvalue weighted by Crippen LogP contribution is -2.49. The first kappa shape index (κ1) is 21.7. The van der Waals surface area contributed by atoms with Crippen LogP contribution in [0.2, 0.25) is 0 Å². The molecule has 0 radical (unpaired) electrons. The van der Waals surface area contributed by atoms with E-state index < -0.39 is 23.5 Å². The van der Waals surface area contributed by atoms with Gasteiger partial charge in [-0.1, -0.05) is 91.0 Å². The number of hydrogen-bond acceptors (Lipinski definition) is 4. The highest BCUT2D eigenvalue weighted by atomic mass is 16.6. The van der Waals surface area contributed by atoms with Crippen LogP contribution in [0.4, 0.5) is 0 Å². The third kappa shape index (κ3) is 4.73. The van der Waals surface area contributed by atoms with Crippen LogP contribution in [0.1, 0.15) is 43.4 Å². The van der Waals surface area contributed by atoms with E-state index in [1.54, 1.807) is 13.8 Å². The molecule has 3 aromatic carbocycles. The molecule has 1 aliphatic rings. The second kappa shape index (κ2) is 8.93. The lowest BCUT2D eigenvalue weighted by atomic mass is 9.76. The quantitative estimate of drug-likeness (QED) is 0.398. The number of rotatable bonds is 7. The summed E-state index contributed by atoms with van der Waals surface area (Å²) in [6.45, 7) is 3.20. The molecule has 0 spiro atoms. The van der Waals surface area contributed by atoms with Gasteiger partial charge in [0.2, 0.25) is 0 Å². The van der Waals surface area contributed by atoms with E-state index in [4.69, 9.17) is 4.74 Å². The fourth-order valence-electron chi connectivity index (χ4n) is 4.71. The van der Waals surface area contributed by atoms with Crippen molar-refractivity contribution in [1.82, 2.24) is 5.32 Å². The normalized spacial score (nSPS) is 21.9. The van der Waals surface area contributed by atoms with Crippen LogP contribution in [0.25, 0.3) is 0 Å². The molecule has 0 heterocycles. The Morgan fingerprint density at radius 2 is 1.16 bits per heavy atom. The predicted molar refractivity (Wildman–Crippen MR) is 123 cm³/mol. The maximum absolute atomic E-state index is 10.7. The summed E-state index contributed by atoms with van der Waals surface area (Å²) in [6.07, 6.45) is 0.107. The fraction of sp³-hybridized carbons (Fsp3) is 0.333. The van der Waals surface area contributed by atoms with Crippen molar-refractivity contribution in [3.8, 4) is 0 Å². The summed E-state index contributed by atoms with van der Waals surface area (Å²) in [5.74, 6) is -1.28. The van der Waals surface area contributed by atoms with Gasteiger partial charge in [-0.25, -0.2) is 0 Å². The molecule has 4 heteroatoms. The molecule has 3 atom stereocenters. The van der Waals surface area contributed by atoms with Crippen LogP contribution >= 0.6 is 0 Å². The number of ether oxygens (including phenoxy) is 1. The monoisotopic (exact) mass is 417 g/mol. The van der Waals surface area contributed by atoms with Crippen LogP contribution in [0.5, 0.6) is 0 Å². The first-order chi connectivity index (χ1) is 14.9. The average molecular weight is 418 g/mol. The molecule has 1 saturated carbocycles. The van der Waals surface area contributed by atoms with Crippen molar-refractivity contribution in [2.75, 3.05) is 0 Å². The lowest BCUT2D eigenvalue weighted by molar-refractivity contribution is -0.219. The Bertz CT molecular complexity index is 857. The van der Waals surface area contributed by atoms with Gasteiger partial charge in [0.1, 0.15) is 0 Å². The first-order valence-electron chi connectivity index (χ1n) is 10.9. The summed E-state index contributed by atoms with van der Waals surface area (Å²) in [6, 6.07) is 31.3. The maximum Gasteiger partial charge on any atom is 0.160 e. The Balaban J connectivity index is 1.78. The molecule has 0 aliphatic heterocycles. The topological polar surface area (TPSA) is 61.7 Å². The molecule has 3 N–H and O–H groups in total. The van der Waals surface area contributed by atoms with E-state index in [1.165, 1.54) is 0 Å². The Kier molecular flexibility index (Phi) is 6.26. The predicted octanol–water partition coefficient (Wildman–Crippen LogP) is 4.21. The largest absolute Gasteiger partial charge is 0.390 e. The fourth-order valence-corrected chi connectivity index (χ4v) is 4.71. The minimum Gasteiger partial charge on any atom is -0.390 e. The van der Waals surface area contributed by atoms with Gasteiger partial charge in [0.05, 0.1) is 17.7 Å². The zero-order chi connectivity index (χ0) is 21.9. The van der Waals surface area contributed by atoms with Crippen LogP contribution in [0.15, 0.2) is 91.0 Å². The number of aliphatic hydroxyl groups excluding tert-OH is 1. The van der Waals surface area contributed by atoms with Crippen molar-refractivity contribution in [1.29, 1.82) is 0 Å². The van der Waals surface area contributed by atoms with Gasteiger partial charge in [0.25, 0.3) is 0 Å². The van der Waals surface area contributed by atoms with E-state index in [9.17, 15) is 10.2 Å². The lowest BCUT2D eigenvalue weighted by Gasteiger charge is -2.39. The molecule has 0 bridgehead atoms. The zero-order valence-electron chi connectivity index (χ0n) is 18.1. The summed E-state index contributed by atoms with van der Waals surface area (Å²) in [7, 11) is 0. The highest BCUT2D eigenvalue weighted by molar-refractivity contribution is 5.49. The Morgan fingerprint density at radius 3 is 1.55 bits per heavy atom. The highest BCUT2D eigenvalue weighted by Crippen LogP contribution is 2.39. The second-order valence-electron chi connectivity index (χ2n) is 8.83. The van der Waals surface area contributed by atoms with Crippen molar-refractivity contribution in [2.24, 2.45) is 0 Å². The summed E-state index contributed by atoms with van der Waals surface area (Å²) < 4.78 is 5.74. The molecular formula is C27H31NO3. The van der Waals surface area contributed by atoms with Crippen molar-refractivity contribution < 1.29 is 14.9 Å². The average Bonchev–Trinajstić information content (AvgIpc) is 3.11. The highest BCUT2D eigenvalue weighted by Gasteiger charge is 2.43. The summed E-state index contributed by atoms with van der Waals surface area (Å²) in [5, 5.41) is 24.7. The summed E-state index contributed by atoms with van der Waals surface area (Å²) in [5.41, 5.74) is 2.81. The van der Waals surface area contributed by atoms with Crippen molar-refractivity contribution >= 4 is 0 Å². The van der Waals surface area contributed by atoms with Crippen molar-refractivity contribution in [2.45, 2.75) is 56.3 Å². The number of aliphatic hydroxyl groups is 2. The number of hydrogen-bond donors (Lipinski definition) is 3. The van der Waals surface area contributed by atoms with Crippen LogP contribution in [-0.2, 0) is 10.3 Å². The van der Waals surface area contributed by atoms with Gasteiger partial charge in [-0.3, -0.25) is 5.32 Å². The molecule has 0 aromatic heterocycles. The van der Waals surface area contributed by atoms with Crippen LogP contribution in [0, 0.1) is 0 Å². The molecule has 1 aliphatic carbocycles. The minimum atomic E-state index is -1.28. The van der Waals surface area contributed by atoms with E-state index in [0.717, 1.165) is 16.7 Å². The zero-order valence-corrected chi connectivity index (χ0v) is 18.1. The molecular weight excluding hydrogens is 386 g/mol. The van der Waals surface area contributed by atoms with E-state index >= 15 is 0 Å². The molecule has 3 unspecified atom stereocenters. The molecule has 1 fully saturated rings. The Labute approximate surface area is 184 Å². The summed E-state index contributed by atoms with van der Waals surface area (Å²) >= 11 is 0. The van der Waals surface area contributed by atoms with E-state index in [1.807, 2.05) is 18.2 Å². The molecule has 4 nitrogen and oxygen atoms in total. The molecule has 3 aromatic rings. The van der Waals surface area contributed by atoms with Crippen LogP contribution < -0.4 is 5.32 Å². The second-order valence-corrected chi connectivity index (χ2v) is 8.83. The van der Waals surface area contributed by atoms with Gasteiger partial charge < -0.3 is 14.9 Å². The van der Waals surface area contributed by atoms with Crippen molar-refractivity contribution in [3.63, 3.8) is 0 Å².